The van der Waals surface area contributed by atoms with Gasteiger partial charge >= 0.3 is 0 Å². The molecule has 27 heavy (non-hydrogen) atoms. The second kappa shape index (κ2) is 6.72. The van der Waals surface area contributed by atoms with Gasteiger partial charge in [-0.1, -0.05) is 0 Å². The van der Waals surface area contributed by atoms with Crippen LogP contribution in [0.5, 0.6) is 0 Å². The zero-order valence-corrected chi connectivity index (χ0v) is 15.7. The van der Waals surface area contributed by atoms with Crippen molar-refractivity contribution in [3.8, 4) is 0 Å². The highest BCUT2D eigenvalue weighted by Gasteiger charge is 2.42. The van der Waals surface area contributed by atoms with Gasteiger partial charge in [-0.15, -0.1) is 0 Å². The molecule has 4 rings (SSSR count). The fourth-order valence-electron chi connectivity index (χ4n) is 3.82. The molecule has 3 heterocycles. The summed E-state index contributed by atoms with van der Waals surface area (Å²) in [6.45, 7) is 1.71. The van der Waals surface area contributed by atoms with Crippen LogP contribution in [0.4, 0.5) is 0 Å². The number of hydrogen-bond donors (Lipinski definition) is 0. The van der Waals surface area contributed by atoms with Crippen LogP contribution in [-0.2, 0) is 19.6 Å². The number of rotatable bonds is 4. The average Bonchev–Trinajstić information content (AvgIpc) is 3.26. The van der Waals surface area contributed by atoms with Crippen molar-refractivity contribution in [2.24, 2.45) is 0 Å². The molecule has 0 radical (unpaired) electrons. The Morgan fingerprint density at radius 2 is 1.48 bits per heavy atom. The summed E-state index contributed by atoms with van der Waals surface area (Å²) in [5.74, 6) is -0.572. The molecule has 144 valence electrons. The van der Waals surface area contributed by atoms with E-state index in [1.807, 2.05) is 0 Å². The molecule has 3 saturated heterocycles. The van der Waals surface area contributed by atoms with E-state index in [1.54, 1.807) is 4.90 Å². The lowest BCUT2D eigenvalue weighted by Crippen LogP contribution is -2.62. The molecule has 0 spiro atoms. The number of carbonyl (C=O) groups excluding carboxylic acids is 3. The summed E-state index contributed by atoms with van der Waals surface area (Å²) in [7, 11) is -3.50. The van der Waals surface area contributed by atoms with E-state index in [0.29, 0.717) is 31.7 Å². The highest BCUT2D eigenvalue weighted by atomic mass is 32.2. The number of imide groups is 1. The van der Waals surface area contributed by atoms with Crippen LogP contribution in [0.15, 0.2) is 29.2 Å². The molecule has 3 aliphatic rings. The molecule has 0 atom stereocenters. The van der Waals surface area contributed by atoms with E-state index in [0.717, 1.165) is 12.8 Å². The van der Waals surface area contributed by atoms with E-state index in [-0.39, 0.29) is 41.5 Å². The third-order valence-corrected chi connectivity index (χ3v) is 7.32. The first kappa shape index (κ1) is 18.1. The summed E-state index contributed by atoms with van der Waals surface area (Å²) in [5, 5.41) is 0. The summed E-state index contributed by atoms with van der Waals surface area (Å²) in [6, 6.07) is 5.72. The lowest BCUT2D eigenvalue weighted by Gasteiger charge is -2.43. The topological polar surface area (TPSA) is 95.1 Å². The summed E-state index contributed by atoms with van der Waals surface area (Å²) < 4.78 is 26.5. The fraction of sp³-hybridized carbons (Fsp3) is 0.500. The second-order valence-corrected chi connectivity index (χ2v) is 9.09. The third-order valence-electron chi connectivity index (χ3n) is 5.41. The van der Waals surface area contributed by atoms with E-state index >= 15 is 0 Å². The molecule has 3 aliphatic heterocycles. The van der Waals surface area contributed by atoms with Gasteiger partial charge in [-0.25, -0.2) is 8.42 Å². The van der Waals surface area contributed by atoms with Crippen molar-refractivity contribution in [1.29, 1.82) is 0 Å². The molecular weight excluding hydrogens is 370 g/mol. The molecule has 0 unspecified atom stereocenters. The van der Waals surface area contributed by atoms with Crippen LogP contribution in [0.3, 0.4) is 0 Å². The van der Waals surface area contributed by atoms with E-state index in [9.17, 15) is 22.8 Å². The SMILES string of the molecule is O=C(c1ccc(S(=O)(=O)N2CCCC2)cc1)N1CC(N2C(=O)CCC2=O)C1. The first-order chi connectivity index (χ1) is 12.9. The number of nitrogens with zero attached hydrogens (tertiary/aromatic N) is 3. The second-order valence-electron chi connectivity index (χ2n) is 7.16. The number of benzene rings is 1. The Balaban J connectivity index is 1.40. The predicted molar refractivity (Wildman–Crippen MR) is 95.2 cm³/mol. The van der Waals surface area contributed by atoms with Crippen molar-refractivity contribution in [2.45, 2.75) is 36.6 Å². The van der Waals surface area contributed by atoms with Crippen LogP contribution in [0.2, 0.25) is 0 Å². The van der Waals surface area contributed by atoms with Crippen LogP contribution in [-0.4, -0.2) is 72.5 Å². The Labute approximate surface area is 157 Å². The molecule has 0 aliphatic carbocycles. The van der Waals surface area contributed by atoms with Crippen LogP contribution >= 0.6 is 0 Å². The molecule has 3 fully saturated rings. The van der Waals surface area contributed by atoms with Crippen molar-refractivity contribution >= 4 is 27.7 Å². The van der Waals surface area contributed by atoms with Crippen molar-refractivity contribution < 1.29 is 22.8 Å². The Kier molecular flexibility index (Phi) is 4.51. The van der Waals surface area contributed by atoms with E-state index in [1.165, 1.54) is 33.5 Å². The number of carbonyl (C=O) groups is 3. The Hall–Kier alpha value is -2.26. The molecular formula is C18H21N3O5S. The van der Waals surface area contributed by atoms with E-state index in [4.69, 9.17) is 0 Å². The molecule has 0 aromatic heterocycles. The van der Waals surface area contributed by atoms with Crippen molar-refractivity contribution in [3.63, 3.8) is 0 Å². The van der Waals surface area contributed by atoms with Crippen LogP contribution in [0, 0.1) is 0 Å². The van der Waals surface area contributed by atoms with E-state index in [2.05, 4.69) is 0 Å². The minimum absolute atomic E-state index is 0.173. The predicted octanol–water partition coefficient (Wildman–Crippen LogP) is 0.444. The number of likely N-dealkylation sites (tertiary alicyclic amines) is 2. The van der Waals surface area contributed by atoms with Gasteiger partial charge in [-0.2, -0.15) is 4.31 Å². The lowest BCUT2D eigenvalue weighted by molar-refractivity contribution is -0.144. The zero-order chi connectivity index (χ0) is 19.2. The summed E-state index contributed by atoms with van der Waals surface area (Å²) >= 11 is 0. The van der Waals surface area contributed by atoms with Gasteiger partial charge in [0.2, 0.25) is 21.8 Å². The monoisotopic (exact) mass is 391 g/mol. The molecule has 9 heteroatoms. The van der Waals surface area contributed by atoms with Gasteiger partial charge in [0.15, 0.2) is 0 Å². The third kappa shape index (κ3) is 3.14. The molecule has 8 nitrogen and oxygen atoms in total. The zero-order valence-electron chi connectivity index (χ0n) is 14.8. The Bertz CT molecular complexity index is 868. The molecule has 1 aromatic carbocycles. The fourth-order valence-corrected chi connectivity index (χ4v) is 5.33. The lowest BCUT2D eigenvalue weighted by atomic mass is 10.1. The normalized spacial score (nSPS) is 21.8. The molecule has 0 bridgehead atoms. The minimum Gasteiger partial charge on any atom is -0.334 e. The Morgan fingerprint density at radius 3 is 2.04 bits per heavy atom. The van der Waals surface area contributed by atoms with Crippen molar-refractivity contribution in [3.05, 3.63) is 29.8 Å². The van der Waals surface area contributed by atoms with Gasteiger partial charge in [0, 0.05) is 44.6 Å². The highest BCUT2D eigenvalue weighted by Crippen LogP contribution is 2.25. The smallest absolute Gasteiger partial charge is 0.253 e. The maximum Gasteiger partial charge on any atom is 0.253 e. The first-order valence-corrected chi connectivity index (χ1v) is 10.6. The van der Waals surface area contributed by atoms with Crippen LogP contribution in [0.1, 0.15) is 36.0 Å². The minimum atomic E-state index is -3.50. The van der Waals surface area contributed by atoms with Gasteiger partial charge in [-0.3, -0.25) is 19.3 Å². The largest absolute Gasteiger partial charge is 0.334 e. The summed E-state index contributed by atoms with van der Waals surface area (Å²) in [4.78, 5) is 39.1. The van der Waals surface area contributed by atoms with Gasteiger partial charge < -0.3 is 4.90 Å². The van der Waals surface area contributed by atoms with Crippen LogP contribution in [0.25, 0.3) is 0 Å². The highest BCUT2D eigenvalue weighted by molar-refractivity contribution is 7.89. The summed E-state index contributed by atoms with van der Waals surface area (Å²) in [6.07, 6.45) is 2.23. The van der Waals surface area contributed by atoms with Crippen molar-refractivity contribution in [1.82, 2.24) is 14.1 Å². The molecule has 1 aromatic rings. The summed E-state index contributed by atoms with van der Waals surface area (Å²) in [5.41, 5.74) is 0.396. The average molecular weight is 391 g/mol. The number of amides is 3. The quantitative estimate of drug-likeness (QED) is 0.695. The maximum absolute atomic E-state index is 12.5. The number of hydrogen-bond acceptors (Lipinski definition) is 5. The first-order valence-electron chi connectivity index (χ1n) is 9.12. The molecule has 0 saturated carbocycles. The van der Waals surface area contributed by atoms with Crippen LogP contribution < -0.4 is 0 Å². The van der Waals surface area contributed by atoms with Gasteiger partial charge in [0.1, 0.15) is 0 Å². The molecule has 3 amide bonds. The Morgan fingerprint density at radius 1 is 0.926 bits per heavy atom. The maximum atomic E-state index is 12.5. The van der Waals surface area contributed by atoms with Crippen molar-refractivity contribution in [2.75, 3.05) is 26.2 Å². The van der Waals surface area contributed by atoms with Gasteiger partial charge in [-0.05, 0) is 37.1 Å². The van der Waals surface area contributed by atoms with E-state index < -0.39 is 10.0 Å². The van der Waals surface area contributed by atoms with Gasteiger partial charge in [0.25, 0.3) is 5.91 Å². The van der Waals surface area contributed by atoms with Gasteiger partial charge in [0.05, 0.1) is 10.9 Å². The molecule has 0 N–H and O–H groups in total. The standard InChI is InChI=1S/C18H21N3O5S/c22-16-7-8-17(23)21(16)14-11-19(12-14)18(24)13-3-5-15(6-4-13)27(25,26)20-9-1-2-10-20/h3-6,14H,1-2,7-12H2. The number of sulfonamides is 1.